The first-order valence-electron chi connectivity index (χ1n) is 9.48. The fraction of sp³-hybridized carbons (Fsp3) is 0.250. The Morgan fingerprint density at radius 1 is 1.11 bits per heavy atom. The number of aromatic nitrogens is 1. The van der Waals surface area contributed by atoms with Gasteiger partial charge in [-0.2, -0.15) is 0 Å². The molecule has 142 valence electrons. The van der Waals surface area contributed by atoms with Crippen LogP contribution in [0.3, 0.4) is 0 Å². The number of nitrogens with zero attached hydrogens (tertiary/aromatic N) is 1. The first-order chi connectivity index (χ1) is 13.3. The minimum atomic E-state index is -0.0836. The molecule has 1 N–H and O–H groups in total. The molecule has 0 spiro atoms. The number of amides is 1. The molecule has 28 heavy (non-hydrogen) atoms. The molecule has 4 heteroatoms. The molecule has 0 saturated heterocycles. The van der Waals surface area contributed by atoms with Crippen molar-refractivity contribution >= 4 is 33.5 Å². The van der Waals surface area contributed by atoms with Gasteiger partial charge in [-0.05, 0) is 42.2 Å². The SMILES string of the molecule is Cc1ccc2cccc(NC(=O)Cc3coc4ccc(C(C)(C)C)cc34)c2n1. The third kappa shape index (κ3) is 3.50. The first-order valence-corrected chi connectivity index (χ1v) is 9.48. The van der Waals surface area contributed by atoms with Crippen LogP contribution >= 0.6 is 0 Å². The number of anilines is 1. The molecule has 2 aromatic heterocycles. The van der Waals surface area contributed by atoms with E-state index in [0.717, 1.165) is 38.8 Å². The number of rotatable bonds is 3. The van der Waals surface area contributed by atoms with Crippen LogP contribution in [-0.4, -0.2) is 10.9 Å². The van der Waals surface area contributed by atoms with Crippen molar-refractivity contribution in [3.63, 3.8) is 0 Å². The largest absolute Gasteiger partial charge is 0.464 e. The number of carbonyl (C=O) groups excluding carboxylic acids is 1. The number of benzene rings is 2. The minimum Gasteiger partial charge on any atom is -0.464 e. The summed E-state index contributed by atoms with van der Waals surface area (Å²) in [5.41, 5.74) is 5.41. The Bertz CT molecular complexity index is 1180. The third-order valence-electron chi connectivity index (χ3n) is 5.00. The Morgan fingerprint density at radius 3 is 2.71 bits per heavy atom. The highest BCUT2D eigenvalue weighted by Crippen LogP contribution is 2.29. The molecule has 0 fully saturated rings. The number of pyridine rings is 1. The summed E-state index contributed by atoms with van der Waals surface area (Å²) in [5.74, 6) is -0.0836. The topological polar surface area (TPSA) is 55.1 Å². The van der Waals surface area contributed by atoms with Gasteiger partial charge in [-0.15, -0.1) is 0 Å². The maximum Gasteiger partial charge on any atom is 0.228 e. The predicted molar refractivity (Wildman–Crippen MR) is 114 cm³/mol. The molecule has 2 heterocycles. The van der Waals surface area contributed by atoms with Crippen molar-refractivity contribution in [2.24, 2.45) is 0 Å². The molecule has 0 aliphatic heterocycles. The van der Waals surface area contributed by atoms with Gasteiger partial charge < -0.3 is 9.73 Å². The van der Waals surface area contributed by atoms with Crippen LogP contribution in [0.4, 0.5) is 5.69 Å². The summed E-state index contributed by atoms with van der Waals surface area (Å²) in [6.45, 7) is 8.48. The van der Waals surface area contributed by atoms with Gasteiger partial charge in [0.15, 0.2) is 0 Å². The lowest BCUT2D eigenvalue weighted by Gasteiger charge is -2.18. The maximum absolute atomic E-state index is 12.8. The van der Waals surface area contributed by atoms with Gasteiger partial charge in [0, 0.05) is 22.0 Å². The molecule has 4 nitrogen and oxygen atoms in total. The van der Waals surface area contributed by atoms with E-state index < -0.39 is 0 Å². The molecule has 0 saturated carbocycles. The van der Waals surface area contributed by atoms with E-state index >= 15 is 0 Å². The summed E-state index contributed by atoms with van der Waals surface area (Å²) in [5, 5.41) is 5.02. The summed E-state index contributed by atoms with van der Waals surface area (Å²) in [7, 11) is 0. The van der Waals surface area contributed by atoms with Crippen molar-refractivity contribution < 1.29 is 9.21 Å². The van der Waals surface area contributed by atoms with E-state index in [4.69, 9.17) is 4.42 Å². The average molecular weight is 372 g/mol. The minimum absolute atomic E-state index is 0.0392. The molecule has 0 aliphatic carbocycles. The molecule has 0 atom stereocenters. The average Bonchev–Trinajstić information content (AvgIpc) is 3.03. The summed E-state index contributed by atoms with van der Waals surface area (Å²) >= 11 is 0. The number of furan rings is 1. The number of hydrogen-bond donors (Lipinski definition) is 1. The van der Waals surface area contributed by atoms with Crippen molar-refractivity contribution in [2.75, 3.05) is 5.32 Å². The number of nitrogens with one attached hydrogen (secondary N) is 1. The van der Waals surface area contributed by atoms with Crippen LogP contribution in [0.2, 0.25) is 0 Å². The molecule has 0 aliphatic rings. The summed E-state index contributed by atoms with van der Waals surface area (Å²) in [6.07, 6.45) is 1.94. The zero-order valence-corrected chi connectivity index (χ0v) is 16.7. The number of fused-ring (bicyclic) bond motifs is 2. The van der Waals surface area contributed by atoms with E-state index in [1.54, 1.807) is 6.26 Å². The molecule has 4 aromatic rings. The van der Waals surface area contributed by atoms with Crippen LogP contribution < -0.4 is 5.32 Å². The number of carbonyl (C=O) groups is 1. The van der Waals surface area contributed by atoms with Gasteiger partial charge in [0.25, 0.3) is 0 Å². The van der Waals surface area contributed by atoms with Crippen molar-refractivity contribution in [3.8, 4) is 0 Å². The lowest BCUT2D eigenvalue weighted by molar-refractivity contribution is -0.115. The van der Waals surface area contributed by atoms with Crippen molar-refractivity contribution in [2.45, 2.75) is 39.5 Å². The lowest BCUT2D eigenvalue weighted by Crippen LogP contribution is -2.15. The van der Waals surface area contributed by atoms with Crippen LogP contribution in [0, 0.1) is 6.92 Å². The highest BCUT2D eigenvalue weighted by molar-refractivity contribution is 6.02. The second-order valence-electron chi connectivity index (χ2n) is 8.28. The van der Waals surface area contributed by atoms with E-state index in [-0.39, 0.29) is 17.7 Å². The highest BCUT2D eigenvalue weighted by Gasteiger charge is 2.17. The van der Waals surface area contributed by atoms with E-state index in [1.807, 2.05) is 43.3 Å². The zero-order chi connectivity index (χ0) is 19.9. The molecule has 0 unspecified atom stereocenters. The van der Waals surface area contributed by atoms with Crippen LogP contribution in [0.25, 0.3) is 21.9 Å². The maximum atomic E-state index is 12.8. The van der Waals surface area contributed by atoms with Gasteiger partial charge in [0.2, 0.25) is 5.91 Å². The fourth-order valence-corrected chi connectivity index (χ4v) is 3.40. The van der Waals surface area contributed by atoms with Crippen molar-refractivity contribution in [1.29, 1.82) is 0 Å². The van der Waals surface area contributed by atoms with Gasteiger partial charge in [-0.25, -0.2) is 0 Å². The van der Waals surface area contributed by atoms with E-state index in [1.165, 1.54) is 5.56 Å². The van der Waals surface area contributed by atoms with Gasteiger partial charge in [-0.3, -0.25) is 9.78 Å². The Balaban J connectivity index is 1.62. The molecule has 0 bridgehead atoms. The van der Waals surface area contributed by atoms with E-state index in [0.29, 0.717) is 0 Å². The van der Waals surface area contributed by atoms with Crippen molar-refractivity contribution in [3.05, 3.63) is 71.6 Å². The number of hydrogen-bond acceptors (Lipinski definition) is 3. The molecular formula is C24H24N2O2. The summed E-state index contributed by atoms with van der Waals surface area (Å²) < 4.78 is 5.66. The quantitative estimate of drug-likeness (QED) is 0.497. The number of para-hydroxylation sites is 1. The zero-order valence-electron chi connectivity index (χ0n) is 16.7. The van der Waals surface area contributed by atoms with Gasteiger partial charge in [-0.1, -0.05) is 45.0 Å². The smallest absolute Gasteiger partial charge is 0.228 e. The summed E-state index contributed by atoms with van der Waals surface area (Å²) in [4.78, 5) is 17.3. The van der Waals surface area contributed by atoms with E-state index in [9.17, 15) is 4.79 Å². The Kier molecular flexibility index (Phi) is 4.42. The third-order valence-corrected chi connectivity index (χ3v) is 5.00. The highest BCUT2D eigenvalue weighted by atomic mass is 16.3. The first kappa shape index (κ1) is 18.2. The molecule has 2 aromatic carbocycles. The van der Waals surface area contributed by atoms with Gasteiger partial charge in [0.05, 0.1) is 23.9 Å². The van der Waals surface area contributed by atoms with Gasteiger partial charge in [0.1, 0.15) is 5.58 Å². The summed E-state index contributed by atoms with van der Waals surface area (Å²) in [6, 6.07) is 16.0. The van der Waals surface area contributed by atoms with Gasteiger partial charge >= 0.3 is 0 Å². The lowest BCUT2D eigenvalue weighted by atomic mass is 9.86. The molecule has 4 rings (SSSR count). The van der Waals surface area contributed by atoms with Crippen LogP contribution in [0.15, 0.2) is 59.2 Å². The Labute approximate surface area is 164 Å². The molecular weight excluding hydrogens is 348 g/mol. The van der Waals surface area contributed by atoms with E-state index in [2.05, 4.69) is 43.2 Å². The Morgan fingerprint density at radius 2 is 1.93 bits per heavy atom. The van der Waals surface area contributed by atoms with Crippen LogP contribution in [-0.2, 0) is 16.6 Å². The molecule has 0 radical (unpaired) electrons. The Hall–Kier alpha value is -3.14. The normalized spacial score (nSPS) is 11.9. The van der Waals surface area contributed by atoms with Crippen LogP contribution in [0.1, 0.15) is 37.6 Å². The standard InChI is InChI=1S/C24H24N2O2/c1-15-8-9-16-6-5-7-20(23(16)25-15)26-22(27)12-17-14-28-21-11-10-18(13-19(17)21)24(2,3)4/h5-11,13-14H,12H2,1-4H3,(H,26,27). The van der Waals surface area contributed by atoms with Crippen molar-refractivity contribution in [1.82, 2.24) is 4.98 Å². The predicted octanol–water partition coefficient (Wildman–Crippen LogP) is 5.77. The fourth-order valence-electron chi connectivity index (χ4n) is 3.40. The number of aryl methyl sites for hydroxylation is 1. The van der Waals surface area contributed by atoms with Crippen LogP contribution in [0.5, 0.6) is 0 Å². The second-order valence-corrected chi connectivity index (χ2v) is 8.28. The molecule has 1 amide bonds. The second kappa shape index (κ2) is 6.79. The monoisotopic (exact) mass is 372 g/mol.